The molecule has 1 aromatic carbocycles. The van der Waals surface area contributed by atoms with E-state index in [1.807, 2.05) is 13.0 Å². The van der Waals surface area contributed by atoms with E-state index in [-0.39, 0.29) is 12.3 Å². The van der Waals surface area contributed by atoms with Crippen LogP contribution in [0.4, 0.5) is 5.69 Å². The minimum absolute atomic E-state index is 0.0182. The summed E-state index contributed by atoms with van der Waals surface area (Å²) < 4.78 is 5.12. The average molecular weight is 436 g/mol. The van der Waals surface area contributed by atoms with E-state index in [1.165, 1.54) is 6.42 Å². The van der Waals surface area contributed by atoms with Crippen molar-refractivity contribution < 1.29 is 9.32 Å². The Labute approximate surface area is 190 Å². The summed E-state index contributed by atoms with van der Waals surface area (Å²) in [6.07, 6.45) is 4.47. The summed E-state index contributed by atoms with van der Waals surface area (Å²) in [4.78, 5) is 17.0. The van der Waals surface area contributed by atoms with E-state index in [2.05, 4.69) is 51.5 Å². The fraction of sp³-hybridized carbons (Fsp3) is 0.560. The molecule has 1 N–H and O–H groups in total. The van der Waals surface area contributed by atoms with Gasteiger partial charge in [-0.25, -0.2) is 0 Å². The van der Waals surface area contributed by atoms with E-state index >= 15 is 0 Å². The van der Waals surface area contributed by atoms with E-state index < -0.39 is 0 Å². The number of aromatic nitrogens is 1. The normalized spacial score (nSPS) is 21.1. The molecule has 0 radical (unpaired) electrons. The van der Waals surface area contributed by atoms with Crippen molar-refractivity contribution in [2.45, 2.75) is 52.0 Å². The molecule has 0 spiro atoms. The van der Waals surface area contributed by atoms with Gasteiger partial charge in [0.25, 0.3) is 0 Å². The van der Waals surface area contributed by atoms with E-state index in [4.69, 9.17) is 4.52 Å². The number of carbonyl (C=O) groups is 1. The smallest absolute Gasteiger partial charge is 0.227 e. The Bertz CT molecular complexity index is 965. The molecule has 1 aliphatic carbocycles. The topological polar surface area (TPSA) is 85.4 Å². The van der Waals surface area contributed by atoms with Gasteiger partial charge in [-0.1, -0.05) is 24.2 Å². The van der Waals surface area contributed by atoms with Crippen LogP contribution in [0.3, 0.4) is 0 Å². The quantitative estimate of drug-likeness (QED) is 0.686. The molecule has 1 saturated carbocycles. The molecule has 32 heavy (non-hydrogen) atoms. The molecule has 7 nitrogen and oxygen atoms in total. The molecule has 1 amide bonds. The van der Waals surface area contributed by atoms with E-state index in [0.29, 0.717) is 17.7 Å². The molecule has 4 rings (SSSR count). The lowest BCUT2D eigenvalue weighted by Crippen LogP contribution is -2.48. The third-order valence-corrected chi connectivity index (χ3v) is 6.80. The molecule has 2 heterocycles. The molecule has 1 aromatic heterocycles. The Morgan fingerprint density at radius 3 is 2.72 bits per heavy atom. The maximum Gasteiger partial charge on any atom is 0.227 e. The first-order valence-electron chi connectivity index (χ1n) is 11.8. The number of nitriles is 1. The minimum atomic E-state index is 0.0182. The van der Waals surface area contributed by atoms with Crippen LogP contribution >= 0.6 is 0 Å². The van der Waals surface area contributed by atoms with E-state index in [1.54, 1.807) is 0 Å². The largest absolute Gasteiger partial charge is 0.368 e. The predicted octanol–water partition coefficient (Wildman–Crippen LogP) is 3.07. The van der Waals surface area contributed by atoms with Crippen molar-refractivity contribution >= 4 is 11.6 Å². The van der Waals surface area contributed by atoms with Crippen molar-refractivity contribution in [2.24, 2.45) is 5.92 Å². The number of anilines is 1. The summed E-state index contributed by atoms with van der Waals surface area (Å²) in [5.74, 6) is 1.33. The number of hydrogen-bond acceptors (Lipinski definition) is 6. The van der Waals surface area contributed by atoms with Crippen molar-refractivity contribution in [1.82, 2.24) is 15.4 Å². The Morgan fingerprint density at radius 2 is 2.06 bits per heavy atom. The fourth-order valence-electron chi connectivity index (χ4n) is 4.88. The zero-order valence-electron chi connectivity index (χ0n) is 19.1. The van der Waals surface area contributed by atoms with Gasteiger partial charge >= 0.3 is 0 Å². The van der Waals surface area contributed by atoms with Crippen LogP contribution in [-0.2, 0) is 17.6 Å². The van der Waals surface area contributed by atoms with Crippen molar-refractivity contribution in [3.63, 3.8) is 0 Å². The first kappa shape index (κ1) is 22.3. The van der Waals surface area contributed by atoms with Crippen molar-refractivity contribution in [3.8, 4) is 6.07 Å². The van der Waals surface area contributed by atoms with Gasteiger partial charge in [0.1, 0.15) is 11.8 Å². The highest BCUT2D eigenvalue weighted by Gasteiger charge is 2.31. The maximum atomic E-state index is 12.1. The Morgan fingerprint density at radius 1 is 1.28 bits per heavy atom. The summed E-state index contributed by atoms with van der Waals surface area (Å²) in [5, 5.41) is 16.6. The third kappa shape index (κ3) is 5.31. The van der Waals surface area contributed by atoms with Crippen LogP contribution in [0.15, 0.2) is 28.8 Å². The number of rotatable bonds is 8. The van der Waals surface area contributed by atoms with Crippen LogP contribution in [0.2, 0.25) is 0 Å². The lowest BCUT2D eigenvalue weighted by atomic mass is 9.78. The molecule has 0 atom stereocenters. The van der Waals surface area contributed by atoms with Crippen LogP contribution < -0.4 is 10.2 Å². The van der Waals surface area contributed by atoms with Crippen LogP contribution in [0.25, 0.3) is 0 Å². The predicted molar refractivity (Wildman–Crippen MR) is 123 cm³/mol. The molecule has 2 aromatic rings. The Balaban J connectivity index is 1.15. The van der Waals surface area contributed by atoms with Gasteiger partial charge < -0.3 is 14.7 Å². The Hall–Kier alpha value is -2.85. The van der Waals surface area contributed by atoms with Crippen LogP contribution in [0.1, 0.15) is 48.8 Å². The van der Waals surface area contributed by atoms with Gasteiger partial charge in [0.2, 0.25) is 5.91 Å². The average Bonchev–Trinajstić information content (AvgIpc) is 3.19. The maximum absolute atomic E-state index is 12.1. The number of piperazine rings is 1. The number of carbonyl (C=O) groups excluding carboxylic acids is 1. The lowest BCUT2D eigenvalue weighted by Gasteiger charge is -2.40. The van der Waals surface area contributed by atoms with Crippen molar-refractivity contribution in [1.29, 1.82) is 5.26 Å². The number of nitrogens with zero attached hydrogens (tertiary/aromatic N) is 4. The third-order valence-electron chi connectivity index (χ3n) is 6.80. The zero-order chi connectivity index (χ0) is 22.5. The molecule has 0 unspecified atom stereocenters. The van der Waals surface area contributed by atoms with Crippen LogP contribution in [-0.4, -0.2) is 54.7 Å². The fourth-order valence-corrected chi connectivity index (χ4v) is 4.88. The Kier molecular flexibility index (Phi) is 7.11. The van der Waals surface area contributed by atoms with Gasteiger partial charge in [0.15, 0.2) is 0 Å². The number of aryl methyl sites for hydroxylation is 2. The van der Waals surface area contributed by atoms with Gasteiger partial charge in [-0.05, 0) is 56.7 Å². The highest BCUT2D eigenvalue weighted by molar-refractivity contribution is 5.78. The highest BCUT2D eigenvalue weighted by Crippen LogP contribution is 2.31. The number of amides is 1. The standard InChI is InChI=1S/C25H33N5O2/c1-3-20-5-4-6-24(23(20)17-26)30-11-9-29(10-12-30)8-7-19-14-21(15-19)27-25(31)16-22-13-18(2)28-32-22/h4-6,13,19,21H,3,7-12,14-16H2,1-2H3,(H,27,31). The van der Waals surface area contributed by atoms with Gasteiger partial charge in [-0.2, -0.15) is 5.26 Å². The summed E-state index contributed by atoms with van der Waals surface area (Å²) in [7, 11) is 0. The van der Waals surface area contributed by atoms with Crippen molar-refractivity contribution in [2.75, 3.05) is 37.6 Å². The number of benzene rings is 1. The first-order valence-corrected chi connectivity index (χ1v) is 11.8. The molecule has 7 heteroatoms. The molecule has 1 aliphatic heterocycles. The molecule has 2 aliphatic rings. The molecular formula is C25H33N5O2. The van der Waals surface area contributed by atoms with Gasteiger partial charge in [0, 0.05) is 38.3 Å². The van der Waals surface area contributed by atoms with Crippen LogP contribution in [0.5, 0.6) is 0 Å². The number of nitrogens with one attached hydrogen (secondary N) is 1. The second-order valence-electron chi connectivity index (χ2n) is 9.11. The minimum Gasteiger partial charge on any atom is -0.368 e. The lowest BCUT2D eigenvalue weighted by molar-refractivity contribution is -0.122. The first-order chi connectivity index (χ1) is 15.6. The molecule has 170 valence electrons. The van der Waals surface area contributed by atoms with Crippen molar-refractivity contribution in [3.05, 3.63) is 46.8 Å². The van der Waals surface area contributed by atoms with Gasteiger partial charge in [-0.3, -0.25) is 9.69 Å². The molecule has 0 bridgehead atoms. The second-order valence-corrected chi connectivity index (χ2v) is 9.11. The summed E-state index contributed by atoms with van der Waals surface area (Å²) in [6.45, 7) is 9.06. The van der Waals surface area contributed by atoms with Gasteiger partial charge in [-0.15, -0.1) is 0 Å². The SMILES string of the molecule is CCc1cccc(N2CCN(CCC3CC(NC(=O)Cc4cc(C)no4)C3)CC2)c1C#N. The summed E-state index contributed by atoms with van der Waals surface area (Å²) >= 11 is 0. The monoisotopic (exact) mass is 435 g/mol. The summed E-state index contributed by atoms with van der Waals surface area (Å²) in [6, 6.07) is 10.7. The molecular weight excluding hydrogens is 402 g/mol. The molecule has 1 saturated heterocycles. The van der Waals surface area contributed by atoms with E-state index in [9.17, 15) is 10.1 Å². The second kappa shape index (κ2) is 10.2. The molecule has 2 fully saturated rings. The number of hydrogen-bond donors (Lipinski definition) is 1. The van der Waals surface area contributed by atoms with Crippen LogP contribution in [0, 0.1) is 24.2 Å². The zero-order valence-corrected chi connectivity index (χ0v) is 19.1. The highest BCUT2D eigenvalue weighted by atomic mass is 16.5. The van der Waals surface area contributed by atoms with Gasteiger partial charge in [0.05, 0.1) is 23.4 Å². The summed E-state index contributed by atoms with van der Waals surface area (Å²) in [5.41, 5.74) is 3.86. The van der Waals surface area contributed by atoms with E-state index in [0.717, 1.165) is 74.5 Å².